The van der Waals surface area contributed by atoms with Gasteiger partial charge in [-0.05, 0) is 12.1 Å². The van der Waals surface area contributed by atoms with E-state index < -0.39 is 0 Å². The van der Waals surface area contributed by atoms with Crippen LogP contribution >= 0.6 is 12.2 Å². The molecule has 5 heteroatoms. The fraction of sp³-hybridized carbons (Fsp3) is 0.500. The largest absolute Gasteiger partial charge is 0.392 e. The smallest absolute Gasteiger partial charge is 0.101 e. The topological polar surface area (TPSA) is 54.3 Å². The van der Waals surface area contributed by atoms with Gasteiger partial charge in [-0.3, -0.25) is 4.90 Å². The standard InChI is InChI=1S/C10H15N3OS/c11-10(15)9(8-2-1-3-12-8)13-4-6-14-7-5-13/h1-3,9,12H,4-7H2,(H2,11,15). The van der Waals surface area contributed by atoms with E-state index in [0.29, 0.717) is 4.99 Å². The van der Waals surface area contributed by atoms with E-state index >= 15 is 0 Å². The SMILES string of the molecule is NC(=S)C(c1ccc[nH]1)N1CCOCC1. The first-order valence-corrected chi connectivity index (χ1v) is 5.44. The molecule has 0 saturated carbocycles. The third-order valence-corrected chi connectivity index (χ3v) is 2.82. The summed E-state index contributed by atoms with van der Waals surface area (Å²) in [7, 11) is 0. The number of nitrogens with two attached hydrogens (primary N) is 1. The third kappa shape index (κ3) is 2.37. The predicted octanol–water partition coefficient (Wildman–Crippen LogP) is 0.674. The maximum absolute atomic E-state index is 5.79. The Hall–Kier alpha value is -0.910. The first-order valence-electron chi connectivity index (χ1n) is 5.03. The molecular formula is C10H15N3OS. The number of rotatable bonds is 3. The van der Waals surface area contributed by atoms with E-state index in [1.807, 2.05) is 18.3 Å². The molecule has 2 rings (SSSR count). The van der Waals surface area contributed by atoms with E-state index in [0.717, 1.165) is 32.0 Å². The molecule has 1 aliphatic heterocycles. The van der Waals surface area contributed by atoms with Crippen LogP contribution in [0.1, 0.15) is 11.7 Å². The molecule has 4 nitrogen and oxygen atoms in total. The zero-order valence-electron chi connectivity index (χ0n) is 8.48. The van der Waals surface area contributed by atoms with Gasteiger partial charge in [0.05, 0.1) is 18.2 Å². The Morgan fingerprint density at radius 2 is 2.27 bits per heavy atom. The molecule has 0 aromatic carbocycles. The van der Waals surface area contributed by atoms with Crippen molar-refractivity contribution in [2.45, 2.75) is 6.04 Å². The monoisotopic (exact) mass is 225 g/mol. The van der Waals surface area contributed by atoms with Gasteiger partial charge in [0, 0.05) is 25.0 Å². The molecule has 1 fully saturated rings. The fourth-order valence-electron chi connectivity index (χ4n) is 1.88. The van der Waals surface area contributed by atoms with Crippen molar-refractivity contribution in [3.8, 4) is 0 Å². The number of aromatic amines is 1. The molecule has 0 aliphatic carbocycles. The highest BCUT2D eigenvalue weighted by molar-refractivity contribution is 7.80. The van der Waals surface area contributed by atoms with Gasteiger partial charge in [0.2, 0.25) is 0 Å². The number of aromatic nitrogens is 1. The molecule has 15 heavy (non-hydrogen) atoms. The van der Waals surface area contributed by atoms with Crippen LogP contribution in [0.2, 0.25) is 0 Å². The molecule has 2 heterocycles. The first-order chi connectivity index (χ1) is 7.29. The van der Waals surface area contributed by atoms with Crippen LogP contribution in [0.5, 0.6) is 0 Å². The lowest BCUT2D eigenvalue weighted by Gasteiger charge is -2.33. The highest BCUT2D eigenvalue weighted by atomic mass is 32.1. The average molecular weight is 225 g/mol. The van der Waals surface area contributed by atoms with Crippen molar-refractivity contribution in [1.82, 2.24) is 9.88 Å². The minimum absolute atomic E-state index is 0.0129. The summed E-state index contributed by atoms with van der Waals surface area (Å²) in [6, 6.07) is 3.99. The first kappa shape index (κ1) is 10.6. The fourth-order valence-corrected chi connectivity index (χ4v) is 2.16. The van der Waals surface area contributed by atoms with E-state index in [4.69, 9.17) is 22.7 Å². The van der Waals surface area contributed by atoms with Crippen molar-refractivity contribution >= 4 is 17.2 Å². The Labute approximate surface area is 94.4 Å². The molecule has 82 valence electrons. The molecule has 0 bridgehead atoms. The Morgan fingerprint density at radius 3 is 2.80 bits per heavy atom. The predicted molar refractivity (Wildman–Crippen MR) is 62.7 cm³/mol. The maximum Gasteiger partial charge on any atom is 0.101 e. The number of nitrogens with zero attached hydrogens (tertiary/aromatic N) is 1. The normalized spacial score (nSPS) is 20.0. The van der Waals surface area contributed by atoms with Crippen LogP contribution in [0.4, 0.5) is 0 Å². The van der Waals surface area contributed by atoms with Gasteiger partial charge >= 0.3 is 0 Å². The lowest BCUT2D eigenvalue weighted by Crippen LogP contribution is -2.43. The number of thiocarbonyl (C=S) groups is 1. The van der Waals surface area contributed by atoms with Crippen molar-refractivity contribution < 1.29 is 4.74 Å². The summed E-state index contributed by atoms with van der Waals surface area (Å²) < 4.78 is 5.31. The number of hydrogen-bond acceptors (Lipinski definition) is 3. The second-order valence-electron chi connectivity index (χ2n) is 3.58. The summed E-state index contributed by atoms with van der Waals surface area (Å²) in [5, 5.41) is 0. The molecule has 1 atom stereocenters. The van der Waals surface area contributed by atoms with Gasteiger partial charge < -0.3 is 15.5 Å². The number of morpholine rings is 1. The molecule has 1 aromatic rings. The summed E-state index contributed by atoms with van der Waals surface area (Å²) >= 11 is 5.12. The minimum Gasteiger partial charge on any atom is -0.392 e. The van der Waals surface area contributed by atoms with Gasteiger partial charge in [-0.2, -0.15) is 0 Å². The lowest BCUT2D eigenvalue weighted by atomic mass is 10.1. The molecular weight excluding hydrogens is 210 g/mol. The Balaban J connectivity index is 2.15. The minimum atomic E-state index is 0.0129. The molecule has 1 unspecified atom stereocenters. The van der Waals surface area contributed by atoms with E-state index in [1.165, 1.54) is 0 Å². The van der Waals surface area contributed by atoms with Crippen molar-refractivity contribution in [3.05, 3.63) is 24.0 Å². The highest BCUT2D eigenvalue weighted by Crippen LogP contribution is 2.20. The van der Waals surface area contributed by atoms with Gasteiger partial charge in [-0.25, -0.2) is 0 Å². The average Bonchev–Trinajstić information content (AvgIpc) is 2.72. The molecule has 1 saturated heterocycles. The number of hydrogen-bond donors (Lipinski definition) is 2. The van der Waals surface area contributed by atoms with Gasteiger partial charge in [0.1, 0.15) is 6.04 Å². The number of nitrogens with one attached hydrogen (secondary N) is 1. The van der Waals surface area contributed by atoms with Crippen molar-refractivity contribution in [2.24, 2.45) is 5.73 Å². The molecule has 1 aromatic heterocycles. The Kier molecular flexibility index (Phi) is 3.35. The molecule has 1 aliphatic rings. The van der Waals surface area contributed by atoms with E-state index in [9.17, 15) is 0 Å². The molecule has 0 spiro atoms. The van der Waals surface area contributed by atoms with E-state index in [1.54, 1.807) is 0 Å². The van der Waals surface area contributed by atoms with Crippen LogP contribution in [-0.2, 0) is 4.74 Å². The second kappa shape index (κ2) is 4.74. The summed E-state index contributed by atoms with van der Waals surface area (Å²) in [6.07, 6.45) is 1.89. The van der Waals surface area contributed by atoms with Gasteiger partial charge in [0.15, 0.2) is 0 Å². The van der Waals surface area contributed by atoms with Crippen LogP contribution in [-0.4, -0.2) is 41.2 Å². The van der Waals surface area contributed by atoms with E-state index in [2.05, 4.69) is 9.88 Å². The maximum atomic E-state index is 5.79. The van der Waals surface area contributed by atoms with Crippen molar-refractivity contribution in [2.75, 3.05) is 26.3 Å². The zero-order chi connectivity index (χ0) is 10.7. The number of ether oxygens (including phenoxy) is 1. The Bertz CT molecular complexity index is 319. The van der Waals surface area contributed by atoms with Crippen LogP contribution in [0.25, 0.3) is 0 Å². The van der Waals surface area contributed by atoms with Crippen LogP contribution in [0.3, 0.4) is 0 Å². The number of H-pyrrole nitrogens is 1. The van der Waals surface area contributed by atoms with Crippen molar-refractivity contribution in [3.63, 3.8) is 0 Å². The van der Waals surface area contributed by atoms with Gasteiger partial charge in [-0.15, -0.1) is 0 Å². The van der Waals surface area contributed by atoms with Gasteiger partial charge in [0.25, 0.3) is 0 Å². The lowest BCUT2D eigenvalue weighted by molar-refractivity contribution is 0.0283. The zero-order valence-corrected chi connectivity index (χ0v) is 9.30. The highest BCUT2D eigenvalue weighted by Gasteiger charge is 2.25. The Morgan fingerprint density at radius 1 is 1.53 bits per heavy atom. The summed E-state index contributed by atoms with van der Waals surface area (Å²) in [5.74, 6) is 0. The molecule has 0 amide bonds. The third-order valence-electron chi connectivity index (χ3n) is 2.60. The second-order valence-corrected chi connectivity index (χ2v) is 4.05. The summed E-state index contributed by atoms with van der Waals surface area (Å²) in [6.45, 7) is 3.25. The van der Waals surface area contributed by atoms with Crippen LogP contribution in [0.15, 0.2) is 18.3 Å². The van der Waals surface area contributed by atoms with Gasteiger partial charge in [-0.1, -0.05) is 12.2 Å². The molecule has 0 radical (unpaired) electrons. The van der Waals surface area contributed by atoms with Crippen molar-refractivity contribution in [1.29, 1.82) is 0 Å². The van der Waals surface area contributed by atoms with Crippen LogP contribution < -0.4 is 5.73 Å². The molecule has 3 N–H and O–H groups in total. The van der Waals surface area contributed by atoms with Crippen LogP contribution in [0, 0.1) is 0 Å². The van der Waals surface area contributed by atoms with E-state index in [-0.39, 0.29) is 6.04 Å². The quantitative estimate of drug-likeness (QED) is 0.743. The summed E-state index contributed by atoms with van der Waals surface area (Å²) in [4.78, 5) is 5.93. The summed E-state index contributed by atoms with van der Waals surface area (Å²) in [5.41, 5.74) is 6.85.